The molecule has 158 valence electrons. The van der Waals surface area contributed by atoms with Crippen molar-refractivity contribution in [2.75, 3.05) is 10.6 Å². The highest BCUT2D eigenvalue weighted by atomic mass is 32.1. The number of aryl methyl sites for hydroxylation is 2. The molecule has 2 aromatic carbocycles. The van der Waals surface area contributed by atoms with Crippen molar-refractivity contribution in [2.24, 2.45) is 0 Å². The topological polar surface area (TPSA) is 76.0 Å². The zero-order valence-corrected chi connectivity index (χ0v) is 18.1. The highest BCUT2D eigenvalue weighted by Crippen LogP contribution is 2.30. The molecule has 4 rings (SSSR count). The molecule has 0 unspecified atom stereocenters. The fourth-order valence-electron chi connectivity index (χ4n) is 3.34. The number of thiophene rings is 1. The van der Waals surface area contributed by atoms with E-state index in [1.165, 1.54) is 30.4 Å². The van der Waals surface area contributed by atoms with Crippen LogP contribution in [0.1, 0.15) is 33.4 Å². The summed E-state index contributed by atoms with van der Waals surface area (Å²) < 4.78 is 15.0. The number of anilines is 2. The second-order valence-electron chi connectivity index (χ2n) is 7.38. The van der Waals surface area contributed by atoms with E-state index < -0.39 is 0 Å². The van der Waals surface area contributed by atoms with Crippen LogP contribution in [0.15, 0.2) is 48.5 Å². The number of nitrogens with one attached hydrogen (secondary N) is 2. The van der Waals surface area contributed by atoms with Gasteiger partial charge in [-0.3, -0.25) is 14.3 Å². The van der Waals surface area contributed by atoms with Crippen LogP contribution in [-0.2, 0) is 11.3 Å². The van der Waals surface area contributed by atoms with E-state index in [-0.39, 0.29) is 17.6 Å². The normalized spacial score (nSPS) is 11.0. The van der Waals surface area contributed by atoms with E-state index >= 15 is 0 Å². The lowest BCUT2D eigenvalue weighted by Gasteiger charge is -2.12. The molecular weight excluding hydrogens is 415 g/mol. The van der Waals surface area contributed by atoms with Gasteiger partial charge in [0.05, 0.1) is 28.5 Å². The molecule has 4 aromatic rings. The van der Waals surface area contributed by atoms with Gasteiger partial charge in [-0.25, -0.2) is 4.39 Å². The van der Waals surface area contributed by atoms with Gasteiger partial charge in [0.1, 0.15) is 10.6 Å². The van der Waals surface area contributed by atoms with E-state index in [2.05, 4.69) is 15.7 Å². The molecule has 0 aliphatic rings. The van der Waals surface area contributed by atoms with E-state index in [1.807, 2.05) is 36.7 Å². The summed E-state index contributed by atoms with van der Waals surface area (Å²) in [4.78, 5) is 25.9. The van der Waals surface area contributed by atoms with Gasteiger partial charge in [0.25, 0.3) is 5.91 Å². The van der Waals surface area contributed by atoms with Gasteiger partial charge in [0.2, 0.25) is 5.91 Å². The first kappa shape index (κ1) is 20.7. The molecule has 2 aromatic heterocycles. The highest BCUT2D eigenvalue weighted by molar-refractivity contribution is 7.20. The van der Waals surface area contributed by atoms with Gasteiger partial charge in [-0.15, -0.1) is 11.3 Å². The van der Waals surface area contributed by atoms with Crippen LogP contribution in [0.3, 0.4) is 0 Å². The molecule has 0 radical (unpaired) electrons. The molecule has 0 saturated heterocycles. The van der Waals surface area contributed by atoms with Crippen molar-refractivity contribution in [3.05, 3.63) is 76.0 Å². The average molecular weight is 437 g/mol. The summed E-state index contributed by atoms with van der Waals surface area (Å²) in [5, 5.41) is 11.1. The van der Waals surface area contributed by atoms with Crippen molar-refractivity contribution in [1.82, 2.24) is 9.78 Å². The third-order valence-electron chi connectivity index (χ3n) is 4.81. The lowest BCUT2D eigenvalue weighted by atomic mass is 10.2. The van der Waals surface area contributed by atoms with Crippen molar-refractivity contribution in [1.29, 1.82) is 0 Å². The maximum atomic E-state index is 13.2. The van der Waals surface area contributed by atoms with Gasteiger partial charge in [-0.2, -0.15) is 5.10 Å². The smallest absolute Gasteiger partial charge is 0.265 e. The molecule has 0 saturated carbocycles. The number of hydrogen-bond donors (Lipinski definition) is 2. The molecule has 2 amide bonds. The number of aromatic nitrogens is 2. The Kier molecular flexibility index (Phi) is 5.56. The number of hydrogen-bond acceptors (Lipinski definition) is 4. The van der Waals surface area contributed by atoms with E-state index in [0.717, 1.165) is 27.0 Å². The third-order valence-corrected chi connectivity index (χ3v) is 5.96. The Labute approximate surface area is 182 Å². The maximum Gasteiger partial charge on any atom is 0.265 e. The van der Waals surface area contributed by atoms with E-state index in [4.69, 9.17) is 0 Å². The minimum atomic E-state index is -0.282. The van der Waals surface area contributed by atoms with Crippen molar-refractivity contribution < 1.29 is 14.0 Å². The van der Waals surface area contributed by atoms with Crippen molar-refractivity contribution in [3.63, 3.8) is 0 Å². The molecular formula is C23H21FN4O2S. The molecule has 8 heteroatoms. The average Bonchev–Trinajstić information content (AvgIpc) is 3.27. The number of carbonyl (C=O) groups is 2. The second kappa shape index (κ2) is 8.31. The minimum absolute atomic E-state index is 0.210. The molecule has 0 fully saturated rings. The summed E-state index contributed by atoms with van der Waals surface area (Å²) in [7, 11) is 0. The number of rotatable bonds is 5. The highest BCUT2D eigenvalue weighted by Gasteiger charge is 2.18. The zero-order valence-electron chi connectivity index (χ0n) is 17.3. The lowest BCUT2D eigenvalue weighted by molar-refractivity contribution is -0.114. The number of carbonyl (C=O) groups excluding carboxylic acids is 2. The molecule has 0 aliphatic heterocycles. The first-order valence-corrected chi connectivity index (χ1v) is 10.5. The predicted molar refractivity (Wildman–Crippen MR) is 121 cm³/mol. The Morgan fingerprint density at radius 1 is 1.03 bits per heavy atom. The van der Waals surface area contributed by atoms with Crippen LogP contribution < -0.4 is 10.6 Å². The fourth-order valence-corrected chi connectivity index (χ4v) is 4.39. The lowest BCUT2D eigenvalue weighted by Crippen LogP contribution is -2.14. The summed E-state index contributed by atoms with van der Waals surface area (Å²) in [6.07, 6.45) is 0. The summed E-state index contributed by atoms with van der Waals surface area (Å²) in [6.45, 7) is 5.72. The Hall–Kier alpha value is -3.52. The van der Waals surface area contributed by atoms with Gasteiger partial charge >= 0.3 is 0 Å². The molecule has 31 heavy (non-hydrogen) atoms. The number of halogens is 1. The van der Waals surface area contributed by atoms with Gasteiger partial charge in [0.15, 0.2) is 0 Å². The Morgan fingerprint density at radius 3 is 2.48 bits per heavy atom. The van der Waals surface area contributed by atoms with Crippen molar-refractivity contribution in [2.45, 2.75) is 27.3 Å². The predicted octanol–water partition coefficient (Wildman–Crippen LogP) is 5.11. The maximum absolute atomic E-state index is 13.2. The zero-order chi connectivity index (χ0) is 22.1. The Bertz CT molecular complexity index is 1290. The Morgan fingerprint density at radius 2 is 1.77 bits per heavy atom. The van der Waals surface area contributed by atoms with Crippen LogP contribution in [-0.4, -0.2) is 21.6 Å². The van der Waals surface area contributed by atoms with E-state index in [9.17, 15) is 14.0 Å². The van der Waals surface area contributed by atoms with Gasteiger partial charge in [-0.05, 0) is 55.3 Å². The SMILES string of the molecule is CC(=O)Nc1ccc(C)cc1NC(=O)c1cc2c(C)nn(Cc3ccc(F)cc3)c2s1. The summed E-state index contributed by atoms with van der Waals surface area (Å²) in [5.74, 6) is -0.751. The molecule has 6 nitrogen and oxygen atoms in total. The molecule has 0 atom stereocenters. The third kappa shape index (κ3) is 4.49. The van der Waals surface area contributed by atoms with Gasteiger partial charge in [-0.1, -0.05) is 18.2 Å². The fraction of sp³-hybridized carbons (Fsp3) is 0.174. The van der Waals surface area contributed by atoms with Crippen LogP contribution >= 0.6 is 11.3 Å². The Balaban J connectivity index is 1.62. The van der Waals surface area contributed by atoms with Crippen LogP contribution in [0.25, 0.3) is 10.2 Å². The minimum Gasteiger partial charge on any atom is -0.325 e. The second-order valence-corrected chi connectivity index (χ2v) is 8.41. The molecule has 2 N–H and O–H groups in total. The molecule has 0 spiro atoms. The van der Waals surface area contributed by atoms with E-state index in [0.29, 0.717) is 22.8 Å². The van der Waals surface area contributed by atoms with Crippen LogP contribution in [0.4, 0.5) is 15.8 Å². The van der Waals surface area contributed by atoms with Gasteiger partial charge < -0.3 is 10.6 Å². The summed E-state index contributed by atoms with van der Waals surface area (Å²) in [6, 6.07) is 13.6. The summed E-state index contributed by atoms with van der Waals surface area (Å²) in [5.41, 5.74) is 3.80. The largest absolute Gasteiger partial charge is 0.325 e. The number of fused-ring (bicyclic) bond motifs is 1. The monoisotopic (exact) mass is 436 g/mol. The van der Waals surface area contributed by atoms with Crippen LogP contribution in [0.2, 0.25) is 0 Å². The first-order chi connectivity index (χ1) is 14.8. The number of nitrogens with zero attached hydrogens (tertiary/aromatic N) is 2. The quantitative estimate of drug-likeness (QED) is 0.456. The number of benzene rings is 2. The molecule has 2 heterocycles. The van der Waals surface area contributed by atoms with Gasteiger partial charge in [0, 0.05) is 12.3 Å². The summed E-state index contributed by atoms with van der Waals surface area (Å²) >= 11 is 1.35. The first-order valence-electron chi connectivity index (χ1n) is 9.71. The molecule has 0 bridgehead atoms. The number of amides is 2. The van der Waals surface area contributed by atoms with Crippen LogP contribution in [0.5, 0.6) is 0 Å². The van der Waals surface area contributed by atoms with E-state index in [1.54, 1.807) is 18.2 Å². The van der Waals surface area contributed by atoms with Crippen LogP contribution in [0, 0.1) is 19.7 Å². The van der Waals surface area contributed by atoms with Crippen molar-refractivity contribution >= 4 is 44.7 Å². The molecule has 0 aliphatic carbocycles. The standard InChI is InChI=1S/C23H21FN4O2S/c1-13-4-9-19(25-15(3)29)20(10-13)26-22(30)21-11-18-14(2)27-28(23(18)31-21)12-16-5-7-17(24)8-6-16/h4-11H,12H2,1-3H3,(H,25,29)(H,26,30). The van der Waals surface area contributed by atoms with Crippen molar-refractivity contribution in [3.8, 4) is 0 Å².